The Kier molecular flexibility index (Phi) is 6.28. The van der Waals surface area contributed by atoms with E-state index in [1.807, 2.05) is 12.1 Å². The number of halogens is 5. The van der Waals surface area contributed by atoms with Gasteiger partial charge in [-0.1, -0.05) is 0 Å². The van der Waals surface area contributed by atoms with Gasteiger partial charge in [-0.05, 0) is 74.2 Å². The predicted octanol–water partition coefficient (Wildman–Crippen LogP) is 5.10. The molecule has 0 amide bonds. The zero-order valence-electron chi connectivity index (χ0n) is 11.0. The first-order valence-corrected chi connectivity index (χ1v) is 8.97. The maximum Gasteiger partial charge on any atom is 0.441 e. The second-order valence-electron chi connectivity index (χ2n) is 4.69. The van der Waals surface area contributed by atoms with Crippen LogP contribution >= 0.6 is 43.6 Å². The van der Waals surface area contributed by atoms with Gasteiger partial charge in [0.2, 0.25) is 0 Å². The number of alkyl halides is 3. The van der Waals surface area contributed by atoms with E-state index < -0.39 is 5.51 Å². The Morgan fingerprint density at radius 1 is 1.24 bits per heavy atom. The molecule has 1 aromatic carbocycles. The van der Waals surface area contributed by atoms with E-state index in [1.165, 1.54) is 12.8 Å². The highest BCUT2D eigenvalue weighted by atomic mass is 79.9. The molecule has 8 heteroatoms. The molecule has 118 valence electrons. The van der Waals surface area contributed by atoms with Gasteiger partial charge in [-0.3, -0.25) is 0 Å². The third-order valence-corrected chi connectivity index (χ3v) is 4.70. The monoisotopic (exact) mass is 447 g/mol. The number of nitrogens with one attached hydrogen (secondary N) is 1. The van der Waals surface area contributed by atoms with E-state index in [9.17, 15) is 13.2 Å². The fraction of sp³-hybridized carbons (Fsp3) is 0.538. The Morgan fingerprint density at radius 2 is 1.86 bits per heavy atom. The molecule has 2 rings (SSSR count). The summed E-state index contributed by atoms with van der Waals surface area (Å²) in [4.78, 5) is 0. The summed E-state index contributed by atoms with van der Waals surface area (Å²) in [5.41, 5.74) is -3.12. The maximum absolute atomic E-state index is 12.0. The summed E-state index contributed by atoms with van der Waals surface area (Å²) in [6.45, 7) is 0.771. The first kappa shape index (κ1) is 17.4. The Bertz CT molecular complexity index is 472. The fourth-order valence-electron chi connectivity index (χ4n) is 1.70. The van der Waals surface area contributed by atoms with Crippen LogP contribution in [0, 0.1) is 0 Å². The lowest BCUT2D eigenvalue weighted by atomic mass is 10.2. The summed E-state index contributed by atoms with van der Waals surface area (Å²) >= 11 is 6.72. The minimum Gasteiger partial charge on any atom is -0.490 e. The van der Waals surface area contributed by atoms with Crippen molar-refractivity contribution >= 4 is 43.6 Å². The number of thioether (sulfide) groups is 1. The Balaban J connectivity index is 1.86. The lowest BCUT2D eigenvalue weighted by Crippen LogP contribution is -2.15. The van der Waals surface area contributed by atoms with Gasteiger partial charge in [0.1, 0.15) is 5.75 Å². The van der Waals surface area contributed by atoms with Crippen molar-refractivity contribution in [1.82, 2.24) is 5.32 Å². The molecule has 1 aliphatic carbocycles. The molecular formula is C13H14Br2F3NOS. The molecular weight excluding hydrogens is 435 g/mol. The van der Waals surface area contributed by atoms with Crippen LogP contribution in [0.5, 0.6) is 5.75 Å². The van der Waals surface area contributed by atoms with Crippen LogP contribution in [0.2, 0.25) is 0 Å². The van der Waals surface area contributed by atoms with E-state index in [0.717, 1.165) is 21.1 Å². The number of rotatable bonds is 7. The molecule has 0 radical (unpaired) electrons. The molecule has 0 spiro atoms. The molecule has 1 aliphatic rings. The van der Waals surface area contributed by atoms with Crippen LogP contribution in [0.15, 0.2) is 21.1 Å². The third kappa shape index (κ3) is 6.38. The van der Waals surface area contributed by atoms with Gasteiger partial charge < -0.3 is 10.1 Å². The van der Waals surface area contributed by atoms with Crippen LogP contribution in [0.1, 0.15) is 18.4 Å². The van der Waals surface area contributed by atoms with Crippen molar-refractivity contribution in [2.75, 3.05) is 12.4 Å². The van der Waals surface area contributed by atoms with Crippen molar-refractivity contribution in [3.63, 3.8) is 0 Å². The summed E-state index contributed by atoms with van der Waals surface area (Å²) < 4.78 is 43.0. The van der Waals surface area contributed by atoms with Crippen molar-refractivity contribution in [1.29, 1.82) is 0 Å². The van der Waals surface area contributed by atoms with Crippen molar-refractivity contribution in [2.45, 2.75) is 30.9 Å². The molecule has 0 heterocycles. The maximum atomic E-state index is 12.0. The first-order valence-electron chi connectivity index (χ1n) is 6.40. The molecule has 0 unspecified atom stereocenters. The molecule has 1 N–H and O–H groups in total. The molecule has 21 heavy (non-hydrogen) atoms. The number of hydrogen-bond acceptors (Lipinski definition) is 3. The molecule has 0 aromatic heterocycles. The highest BCUT2D eigenvalue weighted by Crippen LogP contribution is 2.36. The smallest absolute Gasteiger partial charge is 0.441 e. The van der Waals surface area contributed by atoms with Crippen molar-refractivity contribution < 1.29 is 17.9 Å². The highest BCUT2D eigenvalue weighted by Gasteiger charge is 2.27. The summed E-state index contributed by atoms with van der Waals surface area (Å²) in [5, 5.41) is 3.40. The van der Waals surface area contributed by atoms with Gasteiger partial charge in [0.15, 0.2) is 0 Å². The Labute approximate surface area is 142 Å². The highest BCUT2D eigenvalue weighted by molar-refractivity contribution is 9.11. The quantitative estimate of drug-likeness (QED) is 0.586. The van der Waals surface area contributed by atoms with Gasteiger partial charge in [0.05, 0.1) is 15.6 Å². The average Bonchev–Trinajstić information content (AvgIpc) is 3.17. The molecule has 0 bridgehead atoms. The van der Waals surface area contributed by atoms with Crippen LogP contribution in [-0.4, -0.2) is 23.9 Å². The molecule has 0 aliphatic heterocycles. The second-order valence-corrected chi connectivity index (χ2v) is 7.55. The van der Waals surface area contributed by atoms with Crippen LogP contribution in [0.25, 0.3) is 0 Å². The second kappa shape index (κ2) is 7.57. The van der Waals surface area contributed by atoms with Crippen molar-refractivity contribution in [2.24, 2.45) is 0 Å². The predicted molar refractivity (Wildman–Crippen MR) is 85.7 cm³/mol. The largest absolute Gasteiger partial charge is 0.490 e. The van der Waals surface area contributed by atoms with Gasteiger partial charge in [-0.15, -0.1) is 0 Å². The lowest BCUT2D eigenvalue weighted by Gasteiger charge is -2.13. The molecule has 1 aromatic rings. The zero-order chi connectivity index (χ0) is 15.5. The SMILES string of the molecule is FC(F)(F)SCCOc1c(Br)cc(CNC2CC2)cc1Br. The normalized spacial score (nSPS) is 15.3. The van der Waals surface area contributed by atoms with E-state index in [-0.39, 0.29) is 24.1 Å². The third-order valence-electron chi connectivity index (χ3n) is 2.83. The molecule has 0 atom stereocenters. The average molecular weight is 449 g/mol. The Hall–Kier alpha value is 0.0800. The number of ether oxygens (including phenoxy) is 1. The summed E-state index contributed by atoms with van der Waals surface area (Å²) in [6, 6.07) is 4.47. The van der Waals surface area contributed by atoms with Crippen LogP contribution in [0.4, 0.5) is 13.2 Å². The zero-order valence-corrected chi connectivity index (χ0v) is 15.0. The van der Waals surface area contributed by atoms with E-state index in [0.29, 0.717) is 11.8 Å². The standard InChI is InChI=1S/C13H14Br2F3NOS/c14-10-5-8(7-19-9-1-2-9)6-11(15)12(10)20-3-4-21-13(16,17)18/h5-6,9,19H,1-4,7H2. The molecule has 0 saturated heterocycles. The van der Waals surface area contributed by atoms with E-state index in [4.69, 9.17) is 4.74 Å². The first-order chi connectivity index (χ1) is 9.85. The van der Waals surface area contributed by atoms with E-state index >= 15 is 0 Å². The molecule has 1 saturated carbocycles. The van der Waals surface area contributed by atoms with Gasteiger partial charge in [-0.25, -0.2) is 0 Å². The molecule has 2 nitrogen and oxygen atoms in total. The summed E-state index contributed by atoms with van der Waals surface area (Å²) in [7, 11) is 0. The van der Waals surface area contributed by atoms with Gasteiger partial charge in [0.25, 0.3) is 0 Å². The van der Waals surface area contributed by atoms with Crippen molar-refractivity contribution in [3.05, 3.63) is 26.6 Å². The lowest BCUT2D eigenvalue weighted by molar-refractivity contribution is -0.0329. The van der Waals surface area contributed by atoms with Crippen molar-refractivity contribution in [3.8, 4) is 5.75 Å². The topological polar surface area (TPSA) is 21.3 Å². The molecule has 1 fully saturated rings. The van der Waals surface area contributed by atoms with Gasteiger partial charge in [-0.2, -0.15) is 13.2 Å². The summed E-state index contributed by atoms with van der Waals surface area (Å²) in [6.07, 6.45) is 2.45. The Morgan fingerprint density at radius 3 is 2.38 bits per heavy atom. The van der Waals surface area contributed by atoms with Gasteiger partial charge >= 0.3 is 5.51 Å². The van der Waals surface area contributed by atoms with E-state index in [1.54, 1.807) is 0 Å². The number of benzene rings is 1. The van der Waals surface area contributed by atoms with Crippen LogP contribution < -0.4 is 10.1 Å². The number of hydrogen-bond donors (Lipinski definition) is 1. The van der Waals surface area contributed by atoms with Crippen LogP contribution in [0.3, 0.4) is 0 Å². The minimum absolute atomic E-state index is 0.00104. The van der Waals surface area contributed by atoms with Gasteiger partial charge in [0, 0.05) is 18.3 Å². The summed E-state index contributed by atoms with van der Waals surface area (Å²) in [5.74, 6) is 0.404. The fourth-order valence-corrected chi connectivity index (χ4v) is 3.61. The van der Waals surface area contributed by atoms with E-state index in [2.05, 4.69) is 37.2 Å². The van der Waals surface area contributed by atoms with Crippen LogP contribution in [-0.2, 0) is 6.54 Å². The minimum atomic E-state index is -4.21.